The number of hydrogen-bond acceptors (Lipinski definition) is 2. The molecule has 1 aromatic rings. The first-order valence-corrected chi connectivity index (χ1v) is 4.24. The van der Waals surface area contributed by atoms with Crippen LogP contribution in [0.15, 0.2) is 18.2 Å². The number of carbonyl (C=O) groups excluding carboxylic acids is 1. The zero-order valence-corrected chi connectivity index (χ0v) is 7.84. The van der Waals surface area contributed by atoms with Gasteiger partial charge in [-0.05, 0) is 12.1 Å². The van der Waals surface area contributed by atoms with Crippen molar-refractivity contribution in [3.63, 3.8) is 0 Å². The van der Waals surface area contributed by atoms with Gasteiger partial charge in [0.1, 0.15) is 11.6 Å². The van der Waals surface area contributed by atoms with E-state index in [4.69, 9.17) is 12.2 Å². The Morgan fingerprint density at radius 3 is 2.73 bits per heavy atom. The van der Waals surface area contributed by atoms with E-state index in [1.165, 1.54) is 0 Å². The van der Waals surface area contributed by atoms with Gasteiger partial charge in [0.05, 0.1) is 11.6 Å². The summed E-state index contributed by atoms with van der Waals surface area (Å²) < 4.78 is 25.7. The number of Topliss-reactive ketones (excluding diaryl/α,β-unsaturated/α-hetero) is 1. The van der Waals surface area contributed by atoms with Gasteiger partial charge in [0, 0.05) is 12.5 Å². The Bertz CT molecular complexity index is 423. The third kappa shape index (κ3) is 2.61. The van der Waals surface area contributed by atoms with E-state index in [1.54, 1.807) is 0 Å². The third-order valence-electron chi connectivity index (χ3n) is 1.87. The topological polar surface area (TPSA) is 43.1 Å². The van der Waals surface area contributed by atoms with Gasteiger partial charge in [-0.3, -0.25) is 4.79 Å². The maximum Gasteiger partial charge on any atom is 0.183 e. The van der Waals surface area contributed by atoms with E-state index in [0.717, 1.165) is 12.1 Å². The Labute approximate surface area is 86.1 Å². The highest BCUT2D eigenvalue weighted by molar-refractivity contribution is 6.00. The minimum atomic E-state index is -0.949. The number of terminal acetylenes is 1. The van der Waals surface area contributed by atoms with Crippen molar-refractivity contribution in [2.45, 2.75) is 12.5 Å². The van der Waals surface area contributed by atoms with E-state index in [1.807, 2.05) is 0 Å². The molecule has 0 radical (unpaired) electrons. The average Bonchev–Trinajstić information content (AvgIpc) is 2.17. The molecule has 0 amide bonds. The summed E-state index contributed by atoms with van der Waals surface area (Å²) in [5.74, 6) is -0.0781. The second-order valence-electron chi connectivity index (χ2n) is 3.00. The van der Waals surface area contributed by atoms with Gasteiger partial charge >= 0.3 is 0 Å². The molecule has 0 aliphatic heterocycles. The fraction of sp³-hybridized carbons (Fsp3) is 0.182. The van der Waals surface area contributed by atoms with Crippen LogP contribution >= 0.6 is 0 Å². The lowest BCUT2D eigenvalue weighted by atomic mass is 10.0. The molecule has 0 fully saturated rings. The smallest absolute Gasteiger partial charge is 0.183 e. The lowest BCUT2D eigenvalue weighted by Crippen LogP contribution is -2.30. The van der Waals surface area contributed by atoms with Gasteiger partial charge < -0.3 is 5.73 Å². The maximum absolute atomic E-state index is 13.1. The number of carbonyl (C=O) groups is 1. The molecule has 78 valence electrons. The zero-order chi connectivity index (χ0) is 11.4. The Morgan fingerprint density at radius 2 is 2.20 bits per heavy atom. The highest BCUT2D eigenvalue weighted by Gasteiger charge is 2.18. The largest absolute Gasteiger partial charge is 0.320 e. The van der Waals surface area contributed by atoms with Crippen molar-refractivity contribution in [3.05, 3.63) is 35.4 Å². The molecule has 2 N–H and O–H groups in total. The van der Waals surface area contributed by atoms with Crippen molar-refractivity contribution in [2.24, 2.45) is 5.73 Å². The lowest BCUT2D eigenvalue weighted by molar-refractivity contribution is 0.0959. The lowest BCUT2D eigenvalue weighted by Gasteiger charge is -2.07. The average molecular weight is 209 g/mol. The quantitative estimate of drug-likeness (QED) is 0.605. The van der Waals surface area contributed by atoms with Crippen LogP contribution in [0.25, 0.3) is 0 Å². The van der Waals surface area contributed by atoms with Crippen molar-refractivity contribution in [2.75, 3.05) is 0 Å². The minimum absolute atomic E-state index is 0.0235. The molecule has 15 heavy (non-hydrogen) atoms. The molecule has 0 heterocycles. The van der Waals surface area contributed by atoms with E-state index >= 15 is 0 Å². The summed E-state index contributed by atoms with van der Waals surface area (Å²) in [7, 11) is 0. The van der Waals surface area contributed by atoms with Crippen LogP contribution in [0.2, 0.25) is 0 Å². The summed E-state index contributed by atoms with van der Waals surface area (Å²) in [6, 6.07) is 1.74. The summed E-state index contributed by atoms with van der Waals surface area (Å²) in [5.41, 5.74) is 5.18. The van der Waals surface area contributed by atoms with Crippen LogP contribution in [0.3, 0.4) is 0 Å². The summed E-state index contributed by atoms with van der Waals surface area (Å²) in [6.07, 6.45) is 4.99. The van der Waals surface area contributed by atoms with Crippen molar-refractivity contribution in [1.82, 2.24) is 0 Å². The number of nitrogens with two attached hydrogens (primary N) is 1. The number of hydrogen-bond donors (Lipinski definition) is 1. The van der Waals surface area contributed by atoms with Gasteiger partial charge in [-0.1, -0.05) is 0 Å². The summed E-state index contributed by atoms with van der Waals surface area (Å²) in [4.78, 5) is 11.5. The van der Waals surface area contributed by atoms with Gasteiger partial charge in [-0.2, -0.15) is 0 Å². The highest BCUT2D eigenvalue weighted by atomic mass is 19.1. The number of benzene rings is 1. The van der Waals surface area contributed by atoms with Crippen molar-refractivity contribution in [1.29, 1.82) is 0 Å². The molecule has 2 nitrogen and oxygen atoms in total. The fourth-order valence-electron chi connectivity index (χ4n) is 1.11. The molecule has 4 heteroatoms. The second kappa shape index (κ2) is 4.67. The van der Waals surface area contributed by atoms with Gasteiger partial charge in [-0.15, -0.1) is 12.3 Å². The first kappa shape index (κ1) is 11.3. The monoisotopic (exact) mass is 209 g/mol. The second-order valence-corrected chi connectivity index (χ2v) is 3.00. The highest BCUT2D eigenvalue weighted by Crippen LogP contribution is 2.12. The Balaban J connectivity index is 2.97. The minimum Gasteiger partial charge on any atom is -0.320 e. The third-order valence-corrected chi connectivity index (χ3v) is 1.87. The molecule has 0 saturated carbocycles. The summed E-state index contributed by atoms with van der Waals surface area (Å²) >= 11 is 0. The van der Waals surface area contributed by atoms with Crippen LogP contribution in [0, 0.1) is 24.0 Å². The first-order chi connectivity index (χ1) is 7.06. The predicted molar refractivity (Wildman–Crippen MR) is 52.1 cm³/mol. The Morgan fingerprint density at radius 1 is 1.53 bits per heavy atom. The van der Waals surface area contributed by atoms with E-state index in [0.29, 0.717) is 6.07 Å². The molecular formula is C11H9F2NO. The molecule has 0 saturated heterocycles. The molecule has 1 rings (SSSR count). The molecule has 1 atom stereocenters. The molecule has 0 aliphatic rings. The maximum atomic E-state index is 13.1. The van der Waals surface area contributed by atoms with Gasteiger partial charge in [-0.25, -0.2) is 8.78 Å². The summed E-state index contributed by atoms with van der Waals surface area (Å²) in [6.45, 7) is 0. The number of ketones is 1. The predicted octanol–water partition coefficient (Wildman–Crippen LogP) is 1.50. The van der Waals surface area contributed by atoms with Crippen LogP contribution in [-0.4, -0.2) is 11.8 Å². The molecule has 0 aliphatic carbocycles. The first-order valence-electron chi connectivity index (χ1n) is 4.24. The SMILES string of the molecule is C#CCC(N)C(=O)c1ccc(F)cc1F. The van der Waals surface area contributed by atoms with E-state index in [2.05, 4.69) is 5.92 Å². The van der Waals surface area contributed by atoms with E-state index in [-0.39, 0.29) is 12.0 Å². The fourth-order valence-corrected chi connectivity index (χ4v) is 1.11. The van der Waals surface area contributed by atoms with Crippen LogP contribution in [0.4, 0.5) is 8.78 Å². The standard InChI is InChI=1S/C11H9F2NO/c1-2-3-10(14)11(15)8-5-4-7(12)6-9(8)13/h1,4-6,10H,3,14H2. The van der Waals surface area contributed by atoms with Gasteiger partial charge in [0.2, 0.25) is 0 Å². The van der Waals surface area contributed by atoms with Crippen LogP contribution in [-0.2, 0) is 0 Å². The number of rotatable bonds is 3. The van der Waals surface area contributed by atoms with Crippen LogP contribution in [0.1, 0.15) is 16.8 Å². The van der Waals surface area contributed by atoms with Crippen molar-refractivity contribution in [3.8, 4) is 12.3 Å². The molecule has 0 bridgehead atoms. The van der Waals surface area contributed by atoms with Crippen molar-refractivity contribution < 1.29 is 13.6 Å². The molecular weight excluding hydrogens is 200 g/mol. The van der Waals surface area contributed by atoms with E-state index in [9.17, 15) is 13.6 Å². The molecule has 1 aromatic carbocycles. The molecule has 0 aromatic heterocycles. The Hall–Kier alpha value is -1.73. The summed E-state index contributed by atoms with van der Waals surface area (Å²) in [5, 5.41) is 0. The van der Waals surface area contributed by atoms with Gasteiger partial charge in [0.15, 0.2) is 5.78 Å². The molecule has 1 unspecified atom stereocenters. The number of halogens is 2. The molecule has 0 spiro atoms. The zero-order valence-electron chi connectivity index (χ0n) is 7.84. The van der Waals surface area contributed by atoms with Crippen LogP contribution in [0.5, 0.6) is 0 Å². The normalized spacial score (nSPS) is 11.9. The van der Waals surface area contributed by atoms with Crippen molar-refractivity contribution >= 4 is 5.78 Å². The Kier molecular flexibility index (Phi) is 3.53. The van der Waals surface area contributed by atoms with Crippen LogP contribution < -0.4 is 5.73 Å². The van der Waals surface area contributed by atoms with E-state index < -0.39 is 23.5 Å². The van der Waals surface area contributed by atoms with Gasteiger partial charge in [0.25, 0.3) is 0 Å².